The van der Waals surface area contributed by atoms with Crippen molar-refractivity contribution in [3.8, 4) is 0 Å². The monoisotopic (exact) mass is 356 g/mol. The van der Waals surface area contributed by atoms with E-state index in [0.717, 1.165) is 12.2 Å². The van der Waals surface area contributed by atoms with Gasteiger partial charge in [0.2, 0.25) is 0 Å². The molecular weight excluding hydrogens is 344 g/mol. The van der Waals surface area contributed by atoms with Gasteiger partial charge in [-0.2, -0.15) is 0 Å². The first-order chi connectivity index (χ1) is 9.51. The highest BCUT2D eigenvalue weighted by atomic mass is 79.9. The number of sulfonamides is 1. The second kappa shape index (κ2) is 6.19. The Kier molecular flexibility index (Phi) is 4.56. The van der Waals surface area contributed by atoms with Crippen molar-refractivity contribution in [1.29, 1.82) is 0 Å². The molecule has 1 aromatic heterocycles. The van der Waals surface area contributed by atoms with E-state index in [0.29, 0.717) is 4.60 Å². The van der Waals surface area contributed by atoms with E-state index in [2.05, 4.69) is 35.9 Å². The van der Waals surface area contributed by atoms with Crippen LogP contribution >= 0.6 is 15.9 Å². The summed E-state index contributed by atoms with van der Waals surface area (Å²) in [7, 11) is -3.65. The largest absolute Gasteiger partial charge is 0.385 e. The number of hydrogen-bond acceptors (Lipinski definition) is 5. The predicted molar refractivity (Wildman–Crippen MR) is 81.1 cm³/mol. The lowest BCUT2D eigenvalue weighted by molar-refractivity contribution is 0.601. The average Bonchev–Trinajstić information content (AvgIpc) is 2.42. The van der Waals surface area contributed by atoms with Gasteiger partial charge >= 0.3 is 0 Å². The summed E-state index contributed by atoms with van der Waals surface area (Å²) in [4.78, 5) is 8.01. The minimum atomic E-state index is -3.65. The molecule has 106 valence electrons. The highest BCUT2D eigenvalue weighted by Gasteiger charge is 2.14. The summed E-state index contributed by atoms with van der Waals surface area (Å²) in [6.07, 6.45) is 2.76. The minimum absolute atomic E-state index is 0.170. The zero-order chi connectivity index (χ0) is 14.6. The topological polar surface area (TPSA) is 84.0 Å². The van der Waals surface area contributed by atoms with Crippen molar-refractivity contribution in [2.24, 2.45) is 0 Å². The van der Waals surface area contributed by atoms with Crippen molar-refractivity contribution in [1.82, 2.24) is 9.97 Å². The van der Waals surface area contributed by atoms with E-state index >= 15 is 0 Å². The fourth-order valence-corrected chi connectivity index (χ4v) is 2.72. The van der Waals surface area contributed by atoms with Crippen LogP contribution in [0.25, 0.3) is 0 Å². The molecule has 0 aliphatic heterocycles. The first-order valence-corrected chi connectivity index (χ1v) is 8.13. The van der Waals surface area contributed by atoms with Gasteiger partial charge in [-0.25, -0.2) is 18.4 Å². The maximum absolute atomic E-state index is 12.1. The molecule has 2 aromatic rings. The van der Waals surface area contributed by atoms with Gasteiger partial charge in [-0.1, -0.05) is 0 Å². The normalized spacial score (nSPS) is 11.1. The van der Waals surface area contributed by atoms with E-state index < -0.39 is 10.0 Å². The molecular formula is C12H13BrN4O2S. The summed E-state index contributed by atoms with van der Waals surface area (Å²) in [5, 5.41) is 3.10. The molecule has 0 radical (unpaired) electrons. The van der Waals surface area contributed by atoms with Crippen LogP contribution in [-0.4, -0.2) is 24.9 Å². The Morgan fingerprint density at radius 3 is 2.40 bits per heavy atom. The molecule has 0 aliphatic rings. The first-order valence-electron chi connectivity index (χ1n) is 5.85. The van der Waals surface area contributed by atoms with Crippen molar-refractivity contribution < 1.29 is 8.42 Å². The number of nitrogens with zero attached hydrogens (tertiary/aromatic N) is 2. The smallest absolute Gasteiger partial charge is 0.263 e. The Hall–Kier alpha value is -1.67. The first kappa shape index (κ1) is 14.7. The molecule has 0 unspecified atom stereocenters. The van der Waals surface area contributed by atoms with Gasteiger partial charge in [0.15, 0.2) is 5.82 Å². The van der Waals surface area contributed by atoms with Crippen molar-refractivity contribution in [2.45, 2.75) is 11.8 Å². The lowest BCUT2D eigenvalue weighted by Gasteiger charge is -2.08. The highest BCUT2D eigenvalue weighted by Crippen LogP contribution is 2.17. The SMILES string of the molecule is CCNc1ccc(S(=O)(=O)Nc2cnc(Br)cn2)cc1. The van der Waals surface area contributed by atoms with Crippen LogP contribution in [0.2, 0.25) is 0 Å². The second-order valence-electron chi connectivity index (χ2n) is 3.88. The van der Waals surface area contributed by atoms with E-state index in [1.807, 2.05) is 6.92 Å². The number of nitrogens with one attached hydrogen (secondary N) is 2. The zero-order valence-electron chi connectivity index (χ0n) is 10.7. The summed E-state index contributed by atoms with van der Waals surface area (Å²) in [5.41, 5.74) is 0.870. The highest BCUT2D eigenvalue weighted by molar-refractivity contribution is 9.10. The van der Waals surface area contributed by atoms with Crippen LogP contribution in [0, 0.1) is 0 Å². The third-order valence-electron chi connectivity index (χ3n) is 2.40. The zero-order valence-corrected chi connectivity index (χ0v) is 13.1. The Morgan fingerprint density at radius 1 is 1.15 bits per heavy atom. The number of halogens is 1. The van der Waals surface area contributed by atoms with Gasteiger partial charge in [-0.05, 0) is 47.1 Å². The van der Waals surface area contributed by atoms with Crippen molar-refractivity contribution in [3.63, 3.8) is 0 Å². The van der Waals surface area contributed by atoms with Crippen LogP contribution < -0.4 is 10.0 Å². The molecule has 20 heavy (non-hydrogen) atoms. The fraction of sp³-hybridized carbons (Fsp3) is 0.167. The molecule has 0 aliphatic carbocycles. The molecule has 0 amide bonds. The fourth-order valence-electron chi connectivity index (χ4n) is 1.52. The number of hydrogen-bond donors (Lipinski definition) is 2. The van der Waals surface area contributed by atoms with Crippen LogP contribution in [-0.2, 0) is 10.0 Å². The van der Waals surface area contributed by atoms with Crippen LogP contribution in [0.15, 0.2) is 46.2 Å². The number of benzene rings is 1. The predicted octanol–water partition coefficient (Wildman–Crippen LogP) is 2.47. The quantitative estimate of drug-likeness (QED) is 0.859. The lowest BCUT2D eigenvalue weighted by Crippen LogP contribution is -2.14. The summed E-state index contributed by atoms with van der Waals surface area (Å²) in [6, 6.07) is 6.50. The average molecular weight is 357 g/mol. The third kappa shape index (κ3) is 3.67. The van der Waals surface area contributed by atoms with Crippen LogP contribution in [0.5, 0.6) is 0 Å². The van der Waals surface area contributed by atoms with Crippen LogP contribution in [0.1, 0.15) is 6.92 Å². The standard InChI is InChI=1S/C12H13BrN4O2S/c1-2-14-9-3-5-10(6-4-9)20(18,19)17-12-8-15-11(13)7-16-12/h3-8,14H,2H2,1H3,(H,16,17). The van der Waals surface area contributed by atoms with E-state index in [9.17, 15) is 8.42 Å². The Balaban J connectivity index is 2.19. The minimum Gasteiger partial charge on any atom is -0.385 e. The second-order valence-corrected chi connectivity index (χ2v) is 6.38. The van der Waals surface area contributed by atoms with E-state index in [4.69, 9.17) is 0 Å². The number of aromatic nitrogens is 2. The summed E-state index contributed by atoms with van der Waals surface area (Å²) < 4.78 is 27.2. The van der Waals surface area contributed by atoms with Gasteiger partial charge in [0.25, 0.3) is 10.0 Å². The molecule has 0 saturated carbocycles. The van der Waals surface area contributed by atoms with Gasteiger partial charge in [0.1, 0.15) is 4.60 Å². The maximum atomic E-state index is 12.1. The van der Waals surface area contributed by atoms with Crippen LogP contribution in [0.4, 0.5) is 11.5 Å². The van der Waals surface area contributed by atoms with Crippen LogP contribution in [0.3, 0.4) is 0 Å². The molecule has 1 aromatic carbocycles. The Labute approximate surface area is 125 Å². The maximum Gasteiger partial charge on any atom is 0.263 e. The van der Waals surface area contributed by atoms with Gasteiger partial charge < -0.3 is 5.32 Å². The summed E-state index contributed by atoms with van der Waals surface area (Å²) >= 11 is 3.13. The molecule has 0 atom stereocenters. The molecule has 8 heteroatoms. The van der Waals surface area contributed by atoms with E-state index in [1.165, 1.54) is 24.5 Å². The molecule has 0 spiro atoms. The molecule has 0 bridgehead atoms. The Morgan fingerprint density at radius 2 is 1.85 bits per heavy atom. The van der Waals surface area contributed by atoms with E-state index in [-0.39, 0.29) is 10.7 Å². The van der Waals surface area contributed by atoms with Crippen molar-refractivity contribution in [2.75, 3.05) is 16.6 Å². The molecule has 0 fully saturated rings. The van der Waals surface area contributed by atoms with Gasteiger partial charge in [0.05, 0.1) is 17.3 Å². The lowest BCUT2D eigenvalue weighted by atomic mass is 10.3. The third-order valence-corrected chi connectivity index (χ3v) is 4.18. The summed E-state index contributed by atoms with van der Waals surface area (Å²) in [6.45, 7) is 2.75. The number of anilines is 2. The molecule has 6 nitrogen and oxygen atoms in total. The molecule has 2 rings (SSSR count). The molecule has 2 N–H and O–H groups in total. The van der Waals surface area contributed by atoms with E-state index in [1.54, 1.807) is 12.1 Å². The van der Waals surface area contributed by atoms with Crippen molar-refractivity contribution >= 4 is 37.5 Å². The van der Waals surface area contributed by atoms with Gasteiger partial charge in [-0.15, -0.1) is 0 Å². The van der Waals surface area contributed by atoms with Gasteiger partial charge in [0, 0.05) is 12.2 Å². The number of rotatable bonds is 5. The summed E-state index contributed by atoms with van der Waals surface area (Å²) in [5.74, 6) is 0.170. The Bertz CT molecular complexity index is 672. The molecule has 0 saturated heterocycles. The van der Waals surface area contributed by atoms with Crippen molar-refractivity contribution in [3.05, 3.63) is 41.3 Å². The molecule has 1 heterocycles. The van der Waals surface area contributed by atoms with Gasteiger partial charge in [-0.3, -0.25) is 4.72 Å².